The van der Waals surface area contributed by atoms with Gasteiger partial charge in [0.2, 0.25) is 0 Å². The first-order valence-corrected chi connectivity index (χ1v) is 6.19. The normalized spacial score (nSPS) is 15.7. The highest BCUT2D eigenvalue weighted by molar-refractivity contribution is 7.80. The summed E-state index contributed by atoms with van der Waals surface area (Å²) in [5.41, 5.74) is 0.0990. The molecule has 1 aromatic rings. The molecule has 0 amide bonds. The molecule has 2 N–H and O–H groups in total. The summed E-state index contributed by atoms with van der Waals surface area (Å²) in [6.45, 7) is 0. The number of halogens is 3. The average Bonchev–Trinajstić information content (AvgIpc) is 2.78. The zero-order valence-corrected chi connectivity index (χ0v) is 10.4. The second-order valence-electron chi connectivity index (χ2n) is 4.33. The smallest absolute Gasteiger partial charge is 0.194 e. The summed E-state index contributed by atoms with van der Waals surface area (Å²) in [7, 11) is 0. The molecule has 1 fully saturated rings. The van der Waals surface area contributed by atoms with Gasteiger partial charge in [0.25, 0.3) is 0 Å². The van der Waals surface area contributed by atoms with Gasteiger partial charge < -0.3 is 10.6 Å². The van der Waals surface area contributed by atoms with Gasteiger partial charge >= 0.3 is 0 Å². The molecule has 0 unspecified atom stereocenters. The van der Waals surface area contributed by atoms with Gasteiger partial charge in [-0.25, -0.2) is 13.2 Å². The van der Waals surface area contributed by atoms with Crippen molar-refractivity contribution in [2.45, 2.75) is 31.7 Å². The maximum absolute atomic E-state index is 13.0. The second kappa shape index (κ2) is 5.56. The minimum atomic E-state index is -1.48. The molecule has 6 heteroatoms. The van der Waals surface area contributed by atoms with E-state index in [2.05, 4.69) is 10.6 Å². The Morgan fingerprint density at radius 2 is 1.67 bits per heavy atom. The third-order valence-corrected chi connectivity index (χ3v) is 3.15. The fraction of sp³-hybridized carbons (Fsp3) is 0.417. The first-order valence-electron chi connectivity index (χ1n) is 5.78. The number of rotatable bonds is 2. The molecule has 0 heterocycles. The Kier molecular flexibility index (Phi) is 4.06. The van der Waals surface area contributed by atoms with Crippen LogP contribution in [-0.2, 0) is 0 Å². The molecular formula is C12H13F3N2S. The summed E-state index contributed by atoms with van der Waals surface area (Å²) in [6.07, 6.45) is 4.38. The van der Waals surface area contributed by atoms with Crippen LogP contribution in [0.1, 0.15) is 25.7 Å². The van der Waals surface area contributed by atoms with E-state index in [1.54, 1.807) is 0 Å². The molecule has 1 aliphatic rings. The average molecular weight is 274 g/mol. The standard InChI is InChI=1S/C12H13F3N2S/c13-9-5-8(6-10(14)11(9)15)17-12(18)16-7-3-1-2-4-7/h5-7H,1-4H2,(H2,16,17,18). The van der Waals surface area contributed by atoms with E-state index in [9.17, 15) is 13.2 Å². The van der Waals surface area contributed by atoms with Crippen LogP contribution in [-0.4, -0.2) is 11.2 Å². The maximum Gasteiger partial charge on any atom is 0.194 e. The van der Waals surface area contributed by atoms with E-state index in [-0.39, 0.29) is 5.69 Å². The molecule has 2 nitrogen and oxygen atoms in total. The van der Waals surface area contributed by atoms with E-state index in [4.69, 9.17) is 12.2 Å². The predicted molar refractivity (Wildman–Crippen MR) is 67.9 cm³/mol. The molecule has 1 aromatic carbocycles. The molecule has 0 aliphatic heterocycles. The third-order valence-electron chi connectivity index (χ3n) is 2.93. The third kappa shape index (κ3) is 3.13. The van der Waals surface area contributed by atoms with Crippen molar-refractivity contribution >= 4 is 23.0 Å². The molecule has 18 heavy (non-hydrogen) atoms. The van der Waals surface area contributed by atoms with Crippen molar-refractivity contribution in [1.82, 2.24) is 5.32 Å². The van der Waals surface area contributed by atoms with Crippen LogP contribution in [0, 0.1) is 17.5 Å². The molecule has 0 saturated heterocycles. The molecule has 98 valence electrons. The number of nitrogens with one attached hydrogen (secondary N) is 2. The molecule has 0 radical (unpaired) electrons. The van der Waals surface area contributed by atoms with Gasteiger partial charge in [-0.2, -0.15) is 0 Å². The van der Waals surface area contributed by atoms with Crippen LogP contribution in [0.3, 0.4) is 0 Å². The van der Waals surface area contributed by atoms with Crippen molar-refractivity contribution < 1.29 is 13.2 Å². The number of benzene rings is 1. The first-order chi connectivity index (χ1) is 8.56. The lowest BCUT2D eigenvalue weighted by Gasteiger charge is -2.15. The summed E-state index contributed by atoms with van der Waals surface area (Å²) in [4.78, 5) is 0. The van der Waals surface area contributed by atoms with Crippen LogP contribution in [0.5, 0.6) is 0 Å². The highest BCUT2D eigenvalue weighted by Gasteiger charge is 2.16. The van der Waals surface area contributed by atoms with Gasteiger partial charge in [0.15, 0.2) is 22.6 Å². The van der Waals surface area contributed by atoms with Crippen LogP contribution in [0.25, 0.3) is 0 Å². The van der Waals surface area contributed by atoms with Crippen LogP contribution >= 0.6 is 12.2 Å². The predicted octanol–water partition coefficient (Wildman–Crippen LogP) is 3.33. The van der Waals surface area contributed by atoms with Crippen molar-refractivity contribution in [3.05, 3.63) is 29.6 Å². The summed E-state index contributed by atoms with van der Waals surface area (Å²) >= 11 is 5.03. The zero-order valence-electron chi connectivity index (χ0n) is 9.60. The molecule has 0 aromatic heterocycles. The topological polar surface area (TPSA) is 24.1 Å². The van der Waals surface area contributed by atoms with Crippen LogP contribution in [0.2, 0.25) is 0 Å². The summed E-state index contributed by atoms with van der Waals surface area (Å²) in [5.74, 6) is -3.95. The Balaban J connectivity index is 1.98. The van der Waals surface area contributed by atoms with E-state index in [0.717, 1.165) is 37.8 Å². The Morgan fingerprint density at radius 3 is 2.22 bits per heavy atom. The van der Waals surface area contributed by atoms with Gasteiger partial charge in [-0.1, -0.05) is 12.8 Å². The lowest BCUT2D eigenvalue weighted by Crippen LogP contribution is -2.35. The van der Waals surface area contributed by atoms with Crippen LogP contribution in [0.4, 0.5) is 18.9 Å². The van der Waals surface area contributed by atoms with Crippen LogP contribution < -0.4 is 10.6 Å². The quantitative estimate of drug-likeness (QED) is 0.639. The van der Waals surface area contributed by atoms with E-state index >= 15 is 0 Å². The fourth-order valence-corrected chi connectivity index (χ4v) is 2.33. The van der Waals surface area contributed by atoms with E-state index in [1.165, 1.54) is 0 Å². The molecular weight excluding hydrogens is 261 g/mol. The summed E-state index contributed by atoms with van der Waals surface area (Å²) in [5, 5.41) is 6.01. The van der Waals surface area contributed by atoms with Crippen molar-refractivity contribution in [3.63, 3.8) is 0 Å². The Morgan fingerprint density at radius 1 is 1.11 bits per heavy atom. The number of anilines is 1. The van der Waals surface area contributed by atoms with Crippen molar-refractivity contribution in [3.8, 4) is 0 Å². The lowest BCUT2D eigenvalue weighted by atomic mass is 10.2. The summed E-state index contributed by atoms with van der Waals surface area (Å²) < 4.78 is 38.7. The second-order valence-corrected chi connectivity index (χ2v) is 4.74. The minimum absolute atomic E-state index is 0.0990. The lowest BCUT2D eigenvalue weighted by molar-refractivity contribution is 0.448. The van der Waals surface area contributed by atoms with Crippen LogP contribution in [0.15, 0.2) is 12.1 Å². The Hall–Kier alpha value is -1.30. The molecule has 0 spiro atoms. The number of hydrogen-bond donors (Lipinski definition) is 2. The Bertz CT molecular complexity index is 436. The number of thiocarbonyl (C=S) groups is 1. The summed E-state index contributed by atoms with van der Waals surface area (Å²) in [6, 6.07) is 2.06. The van der Waals surface area contributed by atoms with E-state index in [1.807, 2.05) is 0 Å². The van der Waals surface area contributed by atoms with Gasteiger partial charge in [-0.15, -0.1) is 0 Å². The SMILES string of the molecule is Fc1cc(NC(=S)NC2CCCC2)cc(F)c1F. The van der Waals surface area contributed by atoms with Gasteiger partial charge in [-0.05, 0) is 25.1 Å². The van der Waals surface area contributed by atoms with Gasteiger partial charge in [0.1, 0.15) is 0 Å². The molecule has 1 saturated carbocycles. The van der Waals surface area contributed by atoms with Gasteiger partial charge in [0, 0.05) is 23.9 Å². The minimum Gasteiger partial charge on any atom is -0.360 e. The zero-order chi connectivity index (χ0) is 13.1. The number of hydrogen-bond acceptors (Lipinski definition) is 1. The molecule has 1 aliphatic carbocycles. The fourth-order valence-electron chi connectivity index (χ4n) is 2.05. The van der Waals surface area contributed by atoms with Crippen molar-refractivity contribution in [2.75, 3.05) is 5.32 Å². The van der Waals surface area contributed by atoms with E-state index < -0.39 is 17.5 Å². The first kappa shape index (κ1) is 13.1. The van der Waals surface area contributed by atoms with E-state index in [0.29, 0.717) is 11.2 Å². The van der Waals surface area contributed by atoms with Crippen molar-refractivity contribution in [1.29, 1.82) is 0 Å². The Labute approximate surface area is 109 Å². The maximum atomic E-state index is 13.0. The monoisotopic (exact) mass is 274 g/mol. The molecule has 0 bridgehead atoms. The van der Waals surface area contributed by atoms with Crippen molar-refractivity contribution in [2.24, 2.45) is 0 Å². The highest BCUT2D eigenvalue weighted by Crippen LogP contribution is 2.19. The molecule has 2 rings (SSSR count). The van der Waals surface area contributed by atoms with Gasteiger partial charge in [-0.3, -0.25) is 0 Å². The van der Waals surface area contributed by atoms with Gasteiger partial charge in [0.05, 0.1) is 0 Å². The largest absolute Gasteiger partial charge is 0.360 e. The molecule has 0 atom stereocenters. The highest BCUT2D eigenvalue weighted by atomic mass is 32.1.